The average Bonchev–Trinajstić information content (AvgIpc) is 3.22. The van der Waals surface area contributed by atoms with Crippen molar-refractivity contribution in [2.24, 2.45) is 0 Å². The van der Waals surface area contributed by atoms with E-state index in [0.717, 1.165) is 163 Å². The largest absolute Gasteiger partial charge is 0.480 e. The number of ether oxygens (including phenoxy) is 1. The minimum Gasteiger partial charge on any atom is -0.480 e. The zero-order valence-electron chi connectivity index (χ0n) is 30.8. The van der Waals surface area contributed by atoms with Crippen LogP contribution in [0.2, 0.25) is 0 Å². The van der Waals surface area contributed by atoms with Gasteiger partial charge in [0.25, 0.3) is 6.47 Å². The molecule has 16 nitrogen and oxygen atoms in total. The molecule has 0 aromatic heterocycles. The molecular formula is C34H62GaN8O8. The third kappa shape index (κ3) is 17.7. The van der Waals surface area contributed by atoms with Gasteiger partial charge in [-0.15, -0.1) is 0 Å². The second-order valence-corrected chi connectivity index (χ2v) is 15.7. The molecule has 6 fully saturated rings. The van der Waals surface area contributed by atoms with E-state index in [9.17, 15) is 19.2 Å². The quantitative estimate of drug-likeness (QED) is 0.259. The van der Waals surface area contributed by atoms with Crippen LogP contribution in [0.4, 0.5) is 0 Å². The summed E-state index contributed by atoms with van der Waals surface area (Å²) in [6.45, 7) is 20.9. The summed E-state index contributed by atoms with van der Waals surface area (Å²) >= 11 is -1.74. The summed E-state index contributed by atoms with van der Waals surface area (Å²) in [5.74, 6) is -1.25. The molecule has 0 aromatic rings. The van der Waals surface area contributed by atoms with Gasteiger partial charge in [-0.2, -0.15) is 0 Å². The monoisotopic (exact) mass is 779 g/mol. The molecule has 0 saturated carbocycles. The van der Waals surface area contributed by atoms with Crippen LogP contribution in [0.3, 0.4) is 0 Å². The first-order valence-electron chi connectivity index (χ1n) is 19.1. The predicted molar refractivity (Wildman–Crippen MR) is 192 cm³/mol. The molecule has 6 heterocycles. The van der Waals surface area contributed by atoms with Crippen LogP contribution in [-0.4, -0.2) is 244 Å². The molecule has 6 aliphatic rings. The van der Waals surface area contributed by atoms with Crippen LogP contribution in [0, 0.1) is 0 Å². The maximum Gasteiger partial charge on any atom is 0.317 e. The van der Waals surface area contributed by atoms with Crippen molar-refractivity contribution in [2.75, 3.05) is 157 Å². The van der Waals surface area contributed by atoms with Gasteiger partial charge in [0.15, 0.2) is 0 Å². The SMILES string of the molecule is O=C1CN2CCCN3CCCN(CCCN(CC3)CC(=O)[O][Ga][O]1)CC2.O=COCN1CCCN2CCCN(CCCN(CC(=O)O)CC2)CC1. The van der Waals surface area contributed by atoms with E-state index in [0.29, 0.717) is 26.3 Å². The van der Waals surface area contributed by atoms with Gasteiger partial charge in [-0.1, -0.05) is 0 Å². The maximum atomic E-state index is 12.1. The number of aliphatic carboxylic acids is 1. The van der Waals surface area contributed by atoms with Gasteiger partial charge >= 0.3 is 170 Å². The fourth-order valence-corrected chi connectivity index (χ4v) is 8.39. The molecule has 6 rings (SSSR count). The Morgan fingerprint density at radius 2 is 0.902 bits per heavy atom. The van der Waals surface area contributed by atoms with Crippen LogP contribution < -0.4 is 0 Å². The van der Waals surface area contributed by atoms with Crippen LogP contribution in [-0.2, 0) is 31.0 Å². The maximum absolute atomic E-state index is 12.1. The molecule has 6 bridgehead atoms. The molecule has 51 heavy (non-hydrogen) atoms. The Balaban J connectivity index is 0.000000229. The van der Waals surface area contributed by atoms with Gasteiger partial charge in [0.1, 0.15) is 6.73 Å². The summed E-state index contributed by atoms with van der Waals surface area (Å²) in [4.78, 5) is 64.4. The molecule has 1 radical (unpaired) electrons. The molecule has 6 aliphatic heterocycles. The van der Waals surface area contributed by atoms with Crippen LogP contribution in [0.25, 0.3) is 0 Å². The minimum atomic E-state index is -1.74. The van der Waals surface area contributed by atoms with Crippen LogP contribution in [0.5, 0.6) is 0 Å². The summed E-state index contributed by atoms with van der Waals surface area (Å²) in [7, 11) is 0. The number of carbonyl (C=O) groups excluding carboxylic acids is 3. The van der Waals surface area contributed by atoms with E-state index < -0.39 is 24.1 Å². The summed E-state index contributed by atoms with van der Waals surface area (Å²) < 4.78 is 15.5. The number of nitrogens with zero attached hydrogens (tertiary/aromatic N) is 8. The molecule has 0 aliphatic carbocycles. The number of carbonyl (C=O) groups is 4. The number of carboxylic acid groups (broad SMARTS) is 1. The first kappa shape index (κ1) is 41.9. The summed E-state index contributed by atoms with van der Waals surface area (Å²) in [6, 6.07) is 0. The van der Waals surface area contributed by atoms with E-state index >= 15 is 0 Å². The topological polar surface area (TPSA) is 142 Å². The molecule has 289 valence electrons. The molecule has 0 amide bonds. The van der Waals surface area contributed by atoms with E-state index in [1.807, 2.05) is 0 Å². The van der Waals surface area contributed by atoms with E-state index in [4.69, 9.17) is 16.9 Å². The number of fused-ring (bicyclic) bond motifs is 18. The Kier molecular flexibility index (Phi) is 20.1. The summed E-state index contributed by atoms with van der Waals surface area (Å²) in [5, 5.41) is 9.12. The van der Waals surface area contributed by atoms with Gasteiger partial charge in [-0.05, 0) is 45.4 Å². The third-order valence-corrected chi connectivity index (χ3v) is 11.9. The van der Waals surface area contributed by atoms with Crippen LogP contribution in [0.1, 0.15) is 38.5 Å². The number of hydrogen-bond donors (Lipinski definition) is 1. The van der Waals surface area contributed by atoms with Gasteiger partial charge < -0.3 is 19.6 Å². The first-order valence-corrected chi connectivity index (χ1v) is 21.1. The van der Waals surface area contributed by atoms with Crippen molar-refractivity contribution in [2.45, 2.75) is 38.5 Å². The zero-order valence-corrected chi connectivity index (χ0v) is 33.2. The van der Waals surface area contributed by atoms with E-state index in [1.54, 1.807) is 0 Å². The molecule has 6 atom stereocenters. The van der Waals surface area contributed by atoms with Crippen LogP contribution >= 0.6 is 0 Å². The third-order valence-electron chi connectivity index (χ3n) is 10.4. The fraction of sp³-hybridized carbons (Fsp3) is 0.882. The number of rotatable bonds is 5. The number of hydrogen-bond acceptors (Lipinski definition) is 15. The second-order valence-electron chi connectivity index (χ2n) is 14.3. The Labute approximate surface area is 312 Å². The van der Waals surface area contributed by atoms with Gasteiger partial charge in [0.2, 0.25) is 0 Å². The Morgan fingerprint density at radius 1 is 0.549 bits per heavy atom. The second kappa shape index (κ2) is 24.5. The van der Waals surface area contributed by atoms with Crippen molar-refractivity contribution in [1.82, 2.24) is 39.2 Å². The molecule has 0 spiro atoms. The molecule has 0 aromatic carbocycles. The minimum absolute atomic E-state index is 0.130. The Hall–Kier alpha value is -1.80. The molecule has 1 N–H and O–H groups in total. The van der Waals surface area contributed by atoms with Crippen molar-refractivity contribution < 1.29 is 36.1 Å². The van der Waals surface area contributed by atoms with E-state index in [-0.39, 0.29) is 18.5 Å². The van der Waals surface area contributed by atoms with Gasteiger partial charge in [-0.25, -0.2) is 0 Å². The van der Waals surface area contributed by atoms with Crippen molar-refractivity contribution in [1.29, 1.82) is 0 Å². The first-order chi connectivity index (χ1) is 24.9. The van der Waals surface area contributed by atoms with Crippen molar-refractivity contribution in [3.05, 3.63) is 0 Å². The van der Waals surface area contributed by atoms with Crippen LogP contribution in [0.15, 0.2) is 0 Å². The van der Waals surface area contributed by atoms with Crippen molar-refractivity contribution >= 4 is 42.5 Å². The zero-order chi connectivity index (χ0) is 36.1. The molecular weight excluding hydrogens is 718 g/mol. The normalized spacial score (nSPS) is 31.7. The Bertz CT molecular complexity index is 1010. The molecule has 6 unspecified atom stereocenters. The Morgan fingerprint density at radius 3 is 1.33 bits per heavy atom. The average molecular weight is 781 g/mol. The van der Waals surface area contributed by atoms with E-state index in [1.165, 1.54) is 6.42 Å². The van der Waals surface area contributed by atoms with Gasteiger partial charge in [0, 0.05) is 39.3 Å². The van der Waals surface area contributed by atoms with Gasteiger partial charge in [0.05, 0.1) is 6.54 Å². The molecule has 6 saturated heterocycles. The van der Waals surface area contributed by atoms with Crippen molar-refractivity contribution in [3.63, 3.8) is 0 Å². The molecule has 17 heteroatoms. The van der Waals surface area contributed by atoms with Gasteiger partial charge in [-0.3, -0.25) is 19.4 Å². The fourth-order valence-electron chi connectivity index (χ4n) is 7.53. The predicted octanol–water partition coefficient (Wildman–Crippen LogP) is -1.37. The standard InChI is InChI=1S/2C17H32N4O4.Ga/c22-16(23)14-20-8-2-6-18-4-1-5-19(11-12-20)7-3-9-21(13-10-18)15-17(24)25;22-16-25-15-21-9-3-7-18-4-1-5-19(11-13-21)6-2-8-20(12-10-18)14-17(23)24;/h1-15H2,(H,22,23)(H,24,25);16H,1-15H2,(H,23,24);/q;;+2/p-2. The summed E-state index contributed by atoms with van der Waals surface area (Å²) in [6.07, 6.45) is 6.45. The smallest absolute Gasteiger partial charge is 0.317 e. The summed E-state index contributed by atoms with van der Waals surface area (Å²) in [5.41, 5.74) is 0. The van der Waals surface area contributed by atoms with E-state index in [2.05, 4.69) is 39.2 Å². The number of carboxylic acids is 1. The van der Waals surface area contributed by atoms with Crippen molar-refractivity contribution in [3.8, 4) is 0 Å².